The first-order valence-electron chi connectivity index (χ1n) is 5.49. The van der Waals surface area contributed by atoms with Gasteiger partial charge >= 0.3 is 6.03 Å². The van der Waals surface area contributed by atoms with Gasteiger partial charge in [-0.3, -0.25) is 0 Å². The van der Waals surface area contributed by atoms with Crippen LogP contribution in [0.25, 0.3) is 0 Å². The van der Waals surface area contributed by atoms with Gasteiger partial charge in [-0.2, -0.15) is 0 Å². The Kier molecular flexibility index (Phi) is 4.41. The van der Waals surface area contributed by atoms with Crippen LogP contribution in [0.2, 0.25) is 0 Å². The average molecular weight is 276 g/mol. The number of carbonyl (C=O) groups is 1. The molecule has 0 heterocycles. The molecule has 4 nitrogen and oxygen atoms in total. The fourth-order valence-electron chi connectivity index (χ4n) is 1.50. The second-order valence-corrected chi connectivity index (χ2v) is 4.85. The van der Waals surface area contributed by atoms with Crippen molar-refractivity contribution < 1.29 is 23.1 Å². The Hall–Kier alpha value is -1.76. The number of halogens is 3. The van der Waals surface area contributed by atoms with E-state index in [1.807, 2.05) is 0 Å². The van der Waals surface area contributed by atoms with Crippen LogP contribution in [-0.4, -0.2) is 35.2 Å². The van der Waals surface area contributed by atoms with E-state index in [4.69, 9.17) is 0 Å². The van der Waals surface area contributed by atoms with Crippen molar-refractivity contribution >= 4 is 11.7 Å². The van der Waals surface area contributed by atoms with Crippen LogP contribution in [0.3, 0.4) is 0 Å². The summed E-state index contributed by atoms with van der Waals surface area (Å²) in [4.78, 5) is 12.8. The Balaban J connectivity index is 2.77. The molecule has 0 atom stereocenters. The minimum absolute atomic E-state index is 0.0188. The van der Waals surface area contributed by atoms with Crippen LogP contribution in [0.5, 0.6) is 0 Å². The standard InChI is InChI=1S/C12H15F3N2O2/c1-12(2,19)6-17(3)11(18)16-7-4-8(13)10(15)9(14)5-7/h4-5,19H,6H2,1-3H3,(H,16,18). The molecule has 0 aromatic heterocycles. The molecule has 0 aliphatic heterocycles. The lowest BCUT2D eigenvalue weighted by molar-refractivity contribution is 0.0550. The molecule has 0 spiro atoms. The van der Waals surface area contributed by atoms with Gasteiger partial charge in [0.1, 0.15) is 0 Å². The number of likely N-dealkylation sites (N-methyl/N-ethyl adjacent to an activating group) is 1. The summed E-state index contributed by atoms with van der Waals surface area (Å²) in [6.07, 6.45) is 0. The predicted octanol–water partition coefficient (Wildman–Crippen LogP) is 2.34. The molecule has 7 heteroatoms. The van der Waals surface area contributed by atoms with E-state index in [0.29, 0.717) is 12.1 Å². The highest BCUT2D eigenvalue weighted by molar-refractivity contribution is 5.89. The predicted molar refractivity (Wildman–Crippen MR) is 64.3 cm³/mol. The maximum Gasteiger partial charge on any atom is 0.321 e. The third-order valence-electron chi connectivity index (χ3n) is 2.21. The van der Waals surface area contributed by atoms with Gasteiger partial charge in [0, 0.05) is 24.9 Å². The van der Waals surface area contributed by atoms with Crippen molar-refractivity contribution in [2.24, 2.45) is 0 Å². The smallest absolute Gasteiger partial charge is 0.321 e. The molecule has 1 aromatic carbocycles. The molecule has 0 unspecified atom stereocenters. The van der Waals surface area contributed by atoms with E-state index < -0.39 is 29.1 Å². The van der Waals surface area contributed by atoms with Crippen LogP contribution in [-0.2, 0) is 0 Å². The summed E-state index contributed by atoms with van der Waals surface area (Å²) in [6, 6.07) is 0.676. The number of hydrogen-bond acceptors (Lipinski definition) is 2. The van der Waals surface area contributed by atoms with Crippen LogP contribution < -0.4 is 5.32 Å². The molecular weight excluding hydrogens is 261 g/mol. The highest BCUT2D eigenvalue weighted by Gasteiger charge is 2.20. The lowest BCUT2D eigenvalue weighted by atomic mass is 10.1. The maximum atomic E-state index is 12.9. The zero-order chi connectivity index (χ0) is 14.8. The molecule has 0 aliphatic rings. The summed E-state index contributed by atoms with van der Waals surface area (Å²) in [5.41, 5.74) is -1.31. The van der Waals surface area contributed by atoms with Crippen LogP contribution in [0.1, 0.15) is 13.8 Å². The van der Waals surface area contributed by atoms with E-state index in [1.165, 1.54) is 20.9 Å². The molecule has 2 amide bonds. The zero-order valence-electron chi connectivity index (χ0n) is 10.8. The van der Waals surface area contributed by atoms with E-state index >= 15 is 0 Å². The second kappa shape index (κ2) is 5.48. The van der Waals surface area contributed by atoms with Crippen molar-refractivity contribution in [2.75, 3.05) is 18.9 Å². The number of amides is 2. The topological polar surface area (TPSA) is 52.6 Å². The Bertz CT molecular complexity index is 463. The minimum atomic E-state index is -1.59. The van der Waals surface area contributed by atoms with E-state index in [9.17, 15) is 23.1 Å². The quantitative estimate of drug-likeness (QED) is 0.833. The fourth-order valence-corrected chi connectivity index (χ4v) is 1.50. The van der Waals surface area contributed by atoms with Crippen molar-refractivity contribution in [2.45, 2.75) is 19.4 Å². The highest BCUT2D eigenvalue weighted by Crippen LogP contribution is 2.17. The average Bonchev–Trinajstić information content (AvgIpc) is 2.23. The van der Waals surface area contributed by atoms with Gasteiger partial charge in [0.2, 0.25) is 0 Å². The molecule has 1 rings (SSSR count). The van der Waals surface area contributed by atoms with Gasteiger partial charge in [0.25, 0.3) is 0 Å². The van der Waals surface area contributed by atoms with Gasteiger partial charge in [-0.1, -0.05) is 0 Å². The second-order valence-electron chi connectivity index (χ2n) is 4.85. The summed E-state index contributed by atoms with van der Waals surface area (Å²) in [5, 5.41) is 11.7. The number of carbonyl (C=O) groups excluding carboxylic acids is 1. The third kappa shape index (κ3) is 4.44. The number of urea groups is 1. The molecular formula is C12H15F3N2O2. The molecule has 2 N–H and O–H groups in total. The molecule has 0 aliphatic carbocycles. The molecule has 1 aromatic rings. The fraction of sp³-hybridized carbons (Fsp3) is 0.417. The molecule has 0 fully saturated rings. The van der Waals surface area contributed by atoms with Crippen LogP contribution in [0.4, 0.5) is 23.7 Å². The number of anilines is 1. The molecule has 0 saturated heterocycles. The largest absolute Gasteiger partial charge is 0.389 e. The highest BCUT2D eigenvalue weighted by atomic mass is 19.2. The van der Waals surface area contributed by atoms with Crippen molar-refractivity contribution in [1.82, 2.24) is 4.90 Å². The normalized spacial score (nSPS) is 11.3. The first kappa shape index (κ1) is 15.3. The number of nitrogens with one attached hydrogen (secondary N) is 1. The Morgan fingerprint density at radius 3 is 2.21 bits per heavy atom. The Morgan fingerprint density at radius 1 is 1.32 bits per heavy atom. The number of hydrogen-bond donors (Lipinski definition) is 2. The molecule has 0 saturated carbocycles. The Labute approximate surface area is 108 Å². The first-order chi connectivity index (χ1) is 8.60. The van der Waals surface area contributed by atoms with Crippen molar-refractivity contribution in [3.63, 3.8) is 0 Å². The van der Waals surface area contributed by atoms with Crippen LogP contribution in [0, 0.1) is 17.5 Å². The van der Waals surface area contributed by atoms with Crippen LogP contribution >= 0.6 is 0 Å². The van der Waals surface area contributed by atoms with E-state index in [0.717, 1.165) is 4.90 Å². The number of aliphatic hydroxyl groups is 1. The van der Waals surface area contributed by atoms with Crippen molar-refractivity contribution in [3.8, 4) is 0 Å². The van der Waals surface area contributed by atoms with E-state index in [1.54, 1.807) is 0 Å². The van der Waals surface area contributed by atoms with Gasteiger partial charge in [-0.15, -0.1) is 0 Å². The number of nitrogens with zero attached hydrogens (tertiary/aromatic N) is 1. The molecule has 106 valence electrons. The van der Waals surface area contributed by atoms with Gasteiger partial charge < -0.3 is 15.3 Å². The van der Waals surface area contributed by atoms with Gasteiger partial charge in [-0.25, -0.2) is 18.0 Å². The van der Waals surface area contributed by atoms with Crippen molar-refractivity contribution in [1.29, 1.82) is 0 Å². The number of rotatable bonds is 3. The third-order valence-corrected chi connectivity index (χ3v) is 2.21. The van der Waals surface area contributed by atoms with E-state index in [2.05, 4.69) is 5.32 Å². The monoisotopic (exact) mass is 276 g/mol. The SMILES string of the molecule is CN(CC(C)(C)O)C(=O)Nc1cc(F)c(F)c(F)c1. The lowest BCUT2D eigenvalue weighted by Gasteiger charge is -2.25. The molecule has 0 bridgehead atoms. The summed E-state index contributed by atoms with van der Waals surface area (Å²) < 4.78 is 38.6. The minimum Gasteiger partial charge on any atom is -0.389 e. The zero-order valence-corrected chi connectivity index (χ0v) is 10.8. The number of benzene rings is 1. The summed E-state index contributed by atoms with van der Waals surface area (Å²) in [5.74, 6) is -4.37. The van der Waals surface area contributed by atoms with Gasteiger partial charge in [0.15, 0.2) is 17.5 Å². The van der Waals surface area contributed by atoms with Gasteiger partial charge in [0.05, 0.1) is 12.1 Å². The Morgan fingerprint density at radius 2 is 1.79 bits per heavy atom. The summed E-state index contributed by atoms with van der Waals surface area (Å²) in [6.45, 7) is 3.03. The lowest BCUT2D eigenvalue weighted by Crippen LogP contribution is -2.41. The van der Waals surface area contributed by atoms with Crippen molar-refractivity contribution in [3.05, 3.63) is 29.6 Å². The van der Waals surface area contributed by atoms with E-state index in [-0.39, 0.29) is 12.2 Å². The summed E-state index contributed by atoms with van der Waals surface area (Å²) in [7, 11) is 1.41. The first-order valence-corrected chi connectivity index (χ1v) is 5.49. The van der Waals surface area contributed by atoms with Gasteiger partial charge in [-0.05, 0) is 13.8 Å². The summed E-state index contributed by atoms with van der Waals surface area (Å²) >= 11 is 0. The molecule has 19 heavy (non-hydrogen) atoms. The van der Waals surface area contributed by atoms with Crippen LogP contribution in [0.15, 0.2) is 12.1 Å². The molecule has 0 radical (unpaired) electrons. The maximum absolute atomic E-state index is 12.9.